The monoisotopic (exact) mass is 464 g/mol. The first-order valence-electron chi connectivity index (χ1n) is 11.8. The van der Waals surface area contributed by atoms with Gasteiger partial charge in [-0.25, -0.2) is 0 Å². The Kier molecular flexibility index (Phi) is 7.44. The number of rotatable bonds is 8. The van der Waals surface area contributed by atoms with Crippen molar-refractivity contribution in [2.24, 2.45) is 5.92 Å². The highest BCUT2D eigenvalue weighted by atomic mass is 16.5. The van der Waals surface area contributed by atoms with Gasteiger partial charge in [0.1, 0.15) is 11.7 Å². The molecule has 7 heteroatoms. The molecule has 0 aromatic heterocycles. The number of ketones is 2. The number of morpholine rings is 1. The van der Waals surface area contributed by atoms with Crippen molar-refractivity contribution in [1.29, 1.82) is 0 Å². The Balaban J connectivity index is 1.61. The first kappa shape index (κ1) is 24.1. The molecule has 2 aliphatic heterocycles. The summed E-state index contributed by atoms with van der Waals surface area (Å²) in [6, 6.07) is 12.2. The van der Waals surface area contributed by atoms with Gasteiger partial charge in [-0.1, -0.05) is 29.8 Å². The molecule has 2 unspecified atom stereocenters. The summed E-state index contributed by atoms with van der Waals surface area (Å²) in [6.45, 7) is 8.24. The van der Waals surface area contributed by atoms with Crippen LogP contribution in [0.3, 0.4) is 0 Å². The van der Waals surface area contributed by atoms with Gasteiger partial charge >= 0.3 is 0 Å². The Hall–Kier alpha value is -3.03. The largest absolute Gasteiger partial charge is 0.496 e. The molecule has 0 radical (unpaired) electrons. The predicted octanol–water partition coefficient (Wildman–Crippen LogP) is 2.99. The van der Waals surface area contributed by atoms with Gasteiger partial charge in [0.2, 0.25) is 5.78 Å². The van der Waals surface area contributed by atoms with Crippen molar-refractivity contribution < 1.29 is 23.9 Å². The summed E-state index contributed by atoms with van der Waals surface area (Å²) in [6.07, 6.45) is 0.726. The van der Waals surface area contributed by atoms with Gasteiger partial charge in [-0.05, 0) is 49.6 Å². The lowest BCUT2D eigenvalue weighted by Gasteiger charge is -2.30. The van der Waals surface area contributed by atoms with E-state index < -0.39 is 23.7 Å². The van der Waals surface area contributed by atoms with Gasteiger partial charge in [-0.15, -0.1) is 0 Å². The molecule has 0 N–H and O–H groups in total. The molecule has 0 aliphatic carbocycles. The normalized spacial score (nSPS) is 21.2. The van der Waals surface area contributed by atoms with Crippen LogP contribution in [0.15, 0.2) is 42.5 Å². The van der Waals surface area contributed by atoms with E-state index in [-0.39, 0.29) is 5.78 Å². The van der Waals surface area contributed by atoms with Gasteiger partial charge in [-0.3, -0.25) is 19.3 Å². The molecule has 1 amide bonds. The average molecular weight is 465 g/mol. The Labute approximate surface area is 200 Å². The first-order valence-corrected chi connectivity index (χ1v) is 11.8. The van der Waals surface area contributed by atoms with Crippen LogP contribution in [0.25, 0.3) is 0 Å². The molecular weight excluding hydrogens is 432 g/mol. The summed E-state index contributed by atoms with van der Waals surface area (Å²) in [4.78, 5) is 43.8. The highest BCUT2D eigenvalue weighted by molar-refractivity contribution is 6.44. The van der Waals surface area contributed by atoms with Crippen LogP contribution in [0.1, 0.15) is 39.5 Å². The number of amides is 1. The van der Waals surface area contributed by atoms with Crippen molar-refractivity contribution in [2.75, 3.05) is 46.5 Å². The minimum absolute atomic E-state index is 0.328. The molecule has 7 nitrogen and oxygen atoms in total. The molecule has 2 aromatic carbocycles. The van der Waals surface area contributed by atoms with Crippen molar-refractivity contribution >= 4 is 17.5 Å². The molecule has 0 spiro atoms. The van der Waals surface area contributed by atoms with Crippen LogP contribution in [0, 0.1) is 19.8 Å². The van der Waals surface area contributed by atoms with Gasteiger partial charge in [-0.2, -0.15) is 0 Å². The van der Waals surface area contributed by atoms with E-state index in [1.54, 1.807) is 30.2 Å². The van der Waals surface area contributed by atoms with E-state index in [9.17, 15) is 14.4 Å². The van der Waals surface area contributed by atoms with Crippen molar-refractivity contribution in [1.82, 2.24) is 9.80 Å². The number of methoxy groups -OCH3 is 1. The van der Waals surface area contributed by atoms with Gasteiger partial charge in [0.05, 0.1) is 26.4 Å². The summed E-state index contributed by atoms with van der Waals surface area (Å²) in [5, 5.41) is 0. The van der Waals surface area contributed by atoms with E-state index in [1.807, 2.05) is 38.1 Å². The predicted molar refractivity (Wildman–Crippen MR) is 128 cm³/mol. The fourth-order valence-corrected chi connectivity index (χ4v) is 4.86. The van der Waals surface area contributed by atoms with Crippen LogP contribution in [0.4, 0.5) is 0 Å². The number of ether oxygens (including phenoxy) is 2. The summed E-state index contributed by atoms with van der Waals surface area (Å²) in [5.41, 5.74) is 3.10. The molecule has 34 heavy (non-hydrogen) atoms. The maximum absolute atomic E-state index is 13.6. The second-order valence-electron chi connectivity index (χ2n) is 9.05. The van der Waals surface area contributed by atoms with Crippen molar-refractivity contribution in [2.45, 2.75) is 26.3 Å². The zero-order valence-electron chi connectivity index (χ0n) is 20.1. The van der Waals surface area contributed by atoms with Crippen LogP contribution < -0.4 is 4.74 Å². The first-order chi connectivity index (χ1) is 16.4. The fraction of sp³-hybridized carbons (Fsp3) is 0.444. The second-order valence-corrected chi connectivity index (χ2v) is 9.05. The number of carbonyl (C=O) groups is 3. The number of likely N-dealkylation sites (tertiary alicyclic amines) is 1. The third-order valence-corrected chi connectivity index (χ3v) is 6.76. The van der Waals surface area contributed by atoms with Gasteiger partial charge in [0.25, 0.3) is 5.91 Å². The zero-order chi connectivity index (χ0) is 24.2. The quantitative estimate of drug-likeness (QED) is 0.340. The summed E-state index contributed by atoms with van der Waals surface area (Å²) < 4.78 is 10.7. The van der Waals surface area contributed by atoms with E-state index in [4.69, 9.17) is 9.47 Å². The third-order valence-electron chi connectivity index (χ3n) is 6.76. The number of Topliss-reactive ketones (excluding diaryl/α,β-unsaturated/α-hetero) is 2. The smallest absolute Gasteiger partial charge is 0.291 e. The molecule has 2 aliphatic rings. The molecule has 180 valence electrons. The van der Waals surface area contributed by atoms with E-state index >= 15 is 0 Å². The molecule has 0 bridgehead atoms. The number of carbonyl (C=O) groups excluding carboxylic acids is 3. The molecule has 2 atom stereocenters. The SMILES string of the molecule is COc1ccc(C(=O)C2C(=O)C(=O)N(CCCN3CCOCC3)C2c2ccc(C)cc2)cc1C. The van der Waals surface area contributed by atoms with Crippen LogP contribution >= 0.6 is 0 Å². The number of aryl methyl sites for hydroxylation is 2. The summed E-state index contributed by atoms with van der Waals surface area (Å²) in [5.74, 6) is -1.92. The lowest BCUT2D eigenvalue weighted by Crippen LogP contribution is -2.39. The minimum Gasteiger partial charge on any atom is -0.496 e. The van der Waals surface area contributed by atoms with E-state index in [0.29, 0.717) is 31.1 Å². The summed E-state index contributed by atoms with van der Waals surface area (Å²) in [7, 11) is 1.57. The maximum atomic E-state index is 13.6. The Morgan fingerprint density at radius 2 is 1.74 bits per heavy atom. The van der Waals surface area contributed by atoms with E-state index in [2.05, 4.69) is 4.90 Å². The highest BCUT2D eigenvalue weighted by Gasteiger charge is 2.51. The highest BCUT2D eigenvalue weighted by Crippen LogP contribution is 2.38. The van der Waals surface area contributed by atoms with Gasteiger partial charge in [0, 0.05) is 31.7 Å². The molecule has 2 saturated heterocycles. The maximum Gasteiger partial charge on any atom is 0.291 e. The number of nitrogens with zero attached hydrogens (tertiary/aromatic N) is 2. The standard InChI is InChI=1S/C27H32N2O5/c1-18-5-7-20(8-6-18)24-23(25(30)21-9-10-22(33-3)19(2)17-21)26(31)27(32)29(24)12-4-11-28-13-15-34-16-14-28/h5-10,17,23-24H,4,11-16H2,1-3H3. The summed E-state index contributed by atoms with van der Waals surface area (Å²) >= 11 is 0. The topological polar surface area (TPSA) is 76.2 Å². The second kappa shape index (κ2) is 10.5. The molecule has 2 aromatic rings. The van der Waals surface area contributed by atoms with Gasteiger partial charge in [0.15, 0.2) is 5.78 Å². The van der Waals surface area contributed by atoms with Crippen molar-refractivity contribution in [3.8, 4) is 5.75 Å². The third kappa shape index (κ3) is 4.91. The Morgan fingerprint density at radius 1 is 1.03 bits per heavy atom. The van der Waals surface area contributed by atoms with Crippen LogP contribution in [-0.4, -0.2) is 73.8 Å². The van der Waals surface area contributed by atoms with Crippen molar-refractivity contribution in [3.63, 3.8) is 0 Å². The zero-order valence-corrected chi connectivity index (χ0v) is 20.1. The number of benzene rings is 2. The molecule has 4 rings (SSSR count). The number of hydrogen-bond acceptors (Lipinski definition) is 6. The molecular formula is C27H32N2O5. The lowest BCUT2D eigenvalue weighted by atomic mass is 9.85. The molecule has 0 saturated carbocycles. The minimum atomic E-state index is -1.06. The Morgan fingerprint density at radius 3 is 2.38 bits per heavy atom. The molecule has 2 heterocycles. The average Bonchev–Trinajstić information content (AvgIpc) is 3.09. The Bertz CT molecular complexity index is 1060. The van der Waals surface area contributed by atoms with Crippen LogP contribution in [-0.2, 0) is 14.3 Å². The van der Waals surface area contributed by atoms with Crippen molar-refractivity contribution in [3.05, 3.63) is 64.7 Å². The fourth-order valence-electron chi connectivity index (χ4n) is 4.86. The van der Waals surface area contributed by atoms with E-state index in [0.717, 1.165) is 42.7 Å². The van der Waals surface area contributed by atoms with Gasteiger partial charge < -0.3 is 14.4 Å². The lowest BCUT2D eigenvalue weighted by molar-refractivity contribution is -0.140. The molecule has 2 fully saturated rings. The van der Waals surface area contributed by atoms with E-state index in [1.165, 1.54) is 0 Å². The van der Waals surface area contributed by atoms with Crippen LogP contribution in [0.2, 0.25) is 0 Å². The van der Waals surface area contributed by atoms with Crippen LogP contribution in [0.5, 0.6) is 5.75 Å². The number of hydrogen-bond donors (Lipinski definition) is 0.